The summed E-state index contributed by atoms with van der Waals surface area (Å²) in [6, 6.07) is 8.50. The second-order valence-electron chi connectivity index (χ2n) is 6.32. The topological polar surface area (TPSA) is 87.0 Å². The van der Waals surface area contributed by atoms with E-state index in [9.17, 15) is 9.59 Å². The Kier molecular flexibility index (Phi) is 7.68. The molecule has 7 heteroatoms. The first-order valence-corrected chi connectivity index (χ1v) is 8.91. The van der Waals surface area contributed by atoms with Crippen LogP contribution in [-0.2, 0) is 14.3 Å². The maximum absolute atomic E-state index is 11.9. The predicted octanol–water partition coefficient (Wildman–Crippen LogP) is 3.51. The fourth-order valence-corrected chi connectivity index (χ4v) is 2.38. The highest BCUT2D eigenvalue weighted by atomic mass is 16.5. The molecule has 0 bridgehead atoms. The van der Waals surface area contributed by atoms with E-state index in [1.165, 1.54) is 12.3 Å². The Bertz CT molecular complexity index is 810. The maximum atomic E-state index is 11.9. The van der Waals surface area contributed by atoms with Gasteiger partial charge in [-0.3, -0.25) is 4.79 Å². The Hall–Kier alpha value is -3.22. The first-order valence-electron chi connectivity index (χ1n) is 8.91. The molecule has 0 spiro atoms. The number of amides is 1. The summed E-state index contributed by atoms with van der Waals surface area (Å²) in [7, 11) is 1.55. The number of rotatable bonds is 9. The van der Waals surface area contributed by atoms with Crippen molar-refractivity contribution < 1.29 is 28.2 Å². The van der Waals surface area contributed by atoms with Crippen LogP contribution in [0.25, 0.3) is 6.08 Å². The van der Waals surface area contributed by atoms with Crippen molar-refractivity contribution in [2.75, 3.05) is 13.7 Å². The molecule has 1 N–H and O–H groups in total. The molecule has 150 valence electrons. The molecule has 0 saturated heterocycles. The van der Waals surface area contributed by atoms with E-state index in [0.29, 0.717) is 17.3 Å². The third-order valence-electron chi connectivity index (χ3n) is 3.66. The second-order valence-corrected chi connectivity index (χ2v) is 6.32. The van der Waals surface area contributed by atoms with Gasteiger partial charge in [0.05, 0.1) is 25.5 Å². The van der Waals surface area contributed by atoms with Crippen molar-refractivity contribution in [1.29, 1.82) is 0 Å². The van der Waals surface area contributed by atoms with E-state index in [4.69, 9.17) is 18.6 Å². The largest absolute Gasteiger partial charge is 0.493 e. The van der Waals surface area contributed by atoms with Crippen LogP contribution in [0.2, 0.25) is 0 Å². The standard InChI is InChI=1S/C21H25NO6/c1-14(2)28-18-9-7-16(12-19(18)25-4)8-10-21(24)27-13-20(23)22-15(3)17-6-5-11-26-17/h5-12,14-15H,13H2,1-4H3,(H,22,23)/b10-8+/t15-/m1/s1. The van der Waals surface area contributed by atoms with Crippen molar-refractivity contribution in [3.05, 3.63) is 54.0 Å². The van der Waals surface area contributed by atoms with Gasteiger partial charge in [-0.1, -0.05) is 6.07 Å². The van der Waals surface area contributed by atoms with Gasteiger partial charge in [-0.15, -0.1) is 0 Å². The van der Waals surface area contributed by atoms with Crippen molar-refractivity contribution >= 4 is 18.0 Å². The zero-order chi connectivity index (χ0) is 20.5. The lowest BCUT2D eigenvalue weighted by Gasteiger charge is -2.13. The molecule has 28 heavy (non-hydrogen) atoms. The summed E-state index contributed by atoms with van der Waals surface area (Å²) in [6.45, 7) is 5.25. The zero-order valence-electron chi connectivity index (χ0n) is 16.4. The highest BCUT2D eigenvalue weighted by Crippen LogP contribution is 2.29. The van der Waals surface area contributed by atoms with Crippen LogP contribution in [0.4, 0.5) is 0 Å². The smallest absolute Gasteiger partial charge is 0.331 e. The Morgan fingerprint density at radius 3 is 2.61 bits per heavy atom. The lowest BCUT2D eigenvalue weighted by molar-refractivity contribution is -0.144. The van der Waals surface area contributed by atoms with E-state index >= 15 is 0 Å². The average molecular weight is 387 g/mol. The second kappa shape index (κ2) is 10.2. The molecule has 1 atom stereocenters. The SMILES string of the molecule is COc1cc(/C=C/C(=O)OCC(=O)N[C@H](C)c2ccco2)ccc1OC(C)C. The molecule has 0 fully saturated rings. The van der Waals surface area contributed by atoms with Crippen LogP contribution in [0, 0.1) is 0 Å². The van der Waals surface area contributed by atoms with Crippen molar-refractivity contribution in [3.63, 3.8) is 0 Å². The number of nitrogens with one attached hydrogen (secondary N) is 1. The minimum Gasteiger partial charge on any atom is -0.493 e. The molecule has 0 aliphatic rings. The van der Waals surface area contributed by atoms with Gasteiger partial charge >= 0.3 is 5.97 Å². The molecule has 0 radical (unpaired) electrons. The van der Waals surface area contributed by atoms with E-state index < -0.39 is 11.9 Å². The molecule has 0 aliphatic carbocycles. The quantitative estimate of drug-likeness (QED) is 0.523. The molecule has 2 aromatic rings. The van der Waals surface area contributed by atoms with E-state index in [0.717, 1.165) is 5.56 Å². The fraction of sp³-hybridized carbons (Fsp3) is 0.333. The predicted molar refractivity (Wildman–Crippen MR) is 104 cm³/mol. The van der Waals surface area contributed by atoms with Gasteiger partial charge < -0.3 is 23.9 Å². The normalized spacial score (nSPS) is 12.0. The number of furan rings is 1. The molecule has 0 unspecified atom stereocenters. The highest BCUT2D eigenvalue weighted by molar-refractivity contribution is 5.89. The minimum atomic E-state index is -0.623. The molecular weight excluding hydrogens is 362 g/mol. The minimum absolute atomic E-state index is 0.0203. The van der Waals surface area contributed by atoms with Crippen LogP contribution in [-0.4, -0.2) is 31.7 Å². The van der Waals surface area contributed by atoms with E-state index in [1.807, 2.05) is 13.8 Å². The summed E-state index contributed by atoms with van der Waals surface area (Å²) < 4.78 is 21.1. The molecule has 0 aliphatic heterocycles. The van der Waals surface area contributed by atoms with Gasteiger partial charge in [0.2, 0.25) is 0 Å². The Balaban J connectivity index is 1.85. The van der Waals surface area contributed by atoms with E-state index in [1.54, 1.807) is 50.4 Å². The summed E-state index contributed by atoms with van der Waals surface area (Å²) in [5.41, 5.74) is 0.737. The van der Waals surface area contributed by atoms with Crippen molar-refractivity contribution in [3.8, 4) is 11.5 Å². The first kappa shape index (κ1) is 21.1. The van der Waals surface area contributed by atoms with Gasteiger partial charge in [-0.05, 0) is 56.7 Å². The summed E-state index contributed by atoms with van der Waals surface area (Å²) in [6.07, 6.45) is 4.38. The van der Waals surface area contributed by atoms with Gasteiger partial charge in [0.1, 0.15) is 5.76 Å². The van der Waals surface area contributed by atoms with E-state index in [-0.39, 0.29) is 18.8 Å². The zero-order valence-corrected chi connectivity index (χ0v) is 16.4. The maximum Gasteiger partial charge on any atom is 0.331 e. The number of methoxy groups -OCH3 is 1. The van der Waals surface area contributed by atoms with Crippen LogP contribution in [0.1, 0.15) is 38.1 Å². The molecule has 7 nitrogen and oxygen atoms in total. The van der Waals surface area contributed by atoms with Crippen molar-refractivity contribution in [2.24, 2.45) is 0 Å². The van der Waals surface area contributed by atoms with Crippen molar-refractivity contribution in [1.82, 2.24) is 5.32 Å². The summed E-state index contributed by atoms with van der Waals surface area (Å²) in [4.78, 5) is 23.7. The number of benzene rings is 1. The number of esters is 1. The van der Waals surface area contributed by atoms with Crippen LogP contribution >= 0.6 is 0 Å². The number of carbonyl (C=O) groups excluding carboxylic acids is 2. The van der Waals surface area contributed by atoms with Crippen LogP contribution < -0.4 is 14.8 Å². The van der Waals surface area contributed by atoms with Crippen LogP contribution in [0.5, 0.6) is 11.5 Å². The highest BCUT2D eigenvalue weighted by Gasteiger charge is 2.13. The molecule has 1 amide bonds. The molecule has 1 aromatic heterocycles. The fourth-order valence-electron chi connectivity index (χ4n) is 2.38. The van der Waals surface area contributed by atoms with Gasteiger partial charge in [0.25, 0.3) is 5.91 Å². The third kappa shape index (κ3) is 6.50. The summed E-state index contributed by atoms with van der Waals surface area (Å²) in [5, 5.41) is 2.68. The molecule has 2 rings (SSSR count). The molecule has 0 saturated carbocycles. The lowest BCUT2D eigenvalue weighted by atomic mass is 10.2. The molecule has 1 heterocycles. The van der Waals surface area contributed by atoms with Crippen LogP contribution in [0.3, 0.4) is 0 Å². The number of ether oxygens (including phenoxy) is 3. The number of hydrogen-bond acceptors (Lipinski definition) is 6. The lowest BCUT2D eigenvalue weighted by Crippen LogP contribution is -2.30. The average Bonchev–Trinajstić information content (AvgIpc) is 3.20. The van der Waals surface area contributed by atoms with Gasteiger partial charge in [-0.25, -0.2) is 4.79 Å². The first-order chi connectivity index (χ1) is 13.4. The molecular formula is C21H25NO6. The third-order valence-corrected chi connectivity index (χ3v) is 3.66. The van der Waals surface area contributed by atoms with Gasteiger partial charge in [0, 0.05) is 6.08 Å². The Morgan fingerprint density at radius 2 is 1.96 bits per heavy atom. The van der Waals surface area contributed by atoms with Gasteiger partial charge in [-0.2, -0.15) is 0 Å². The number of carbonyl (C=O) groups is 2. The van der Waals surface area contributed by atoms with E-state index in [2.05, 4.69) is 5.32 Å². The summed E-state index contributed by atoms with van der Waals surface area (Å²) in [5.74, 6) is 0.776. The van der Waals surface area contributed by atoms with Crippen molar-refractivity contribution in [2.45, 2.75) is 32.9 Å². The number of hydrogen-bond donors (Lipinski definition) is 1. The monoisotopic (exact) mass is 387 g/mol. The van der Waals surface area contributed by atoms with Crippen LogP contribution in [0.15, 0.2) is 47.1 Å². The van der Waals surface area contributed by atoms with Gasteiger partial charge in [0.15, 0.2) is 18.1 Å². The Labute approximate surface area is 164 Å². The molecule has 1 aromatic carbocycles. The summed E-state index contributed by atoms with van der Waals surface area (Å²) >= 11 is 0. The Morgan fingerprint density at radius 1 is 1.18 bits per heavy atom.